The molecule has 0 radical (unpaired) electrons. The molecule has 0 spiro atoms. The summed E-state index contributed by atoms with van der Waals surface area (Å²) in [7, 11) is 3.37. The van der Waals surface area contributed by atoms with Crippen LogP contribution in [0.2, 0.25) is 0 Å². The molecule has 1 heterocycles. The van der Waals surface area contributed by atoms with Crippen molar-refractivity contribution in [2.75, 3.05) is 46.2 Å². The molecule has 138 valence electrons. The van der Waals surface area contributed by atoms with Crippen molar-refractivity contribution >= 4 is 23.6 Å². The van der Waals surface area contributed by atoms with Crippen LogP contribution in [0.3, 0.4) is 0 Å². The zero-order chi connectivity index (χ0) is 18.2. The highest BCUT2D eigenvalue weighted by Gasteiger charge is 2.29. The molecule has 0 saturated carbocycles. The van der Waals surface area contributed by atoms with Crippen LogP contribution in [-0.2, 0) is 14.3 Å². The number of piperidine rings is 1. The molecule has 5 nitrogen and oxygen atoms in total. The lowest BCUT2D eigenvalue weighted by Gasteiger charge is -2.33. The second kappa shape index (κ2) is 9.82. The molecule has 0 aromatic heterocycles. The Bertz CT molecular complexity index is 577. The number of hydrogen-bond donors (Lipinski definition) is 0. The van der Waals surface area contributed by atoms with Crippen LogP contribution in [0.15, 0.2) is 29.2 Å². The lowest BCUT2D eigenvalue weighted by atomic mass is 9.96. The summed E-state index contributed by atoms with van der Waals surface area (Å²) < 4.78 is 4.91. The molecule has 1 aliphatic rings. The summed E-state index contributed by atoms with van der Waals surface area (Å²) >= 11 is 1.76. The van der Waals surface area contributed by atoms with E-state index in [4.69, 9.17) is 4.74 Å². The summed E-state index contributed by atoms with van der Waals surface area (Å²) in [5, 5.41) is 0. The second-order valence-corrected chi connectivity index (χ2v) is 7.70. The summed E-state index contributed by atoms with van der Waals surface area (Å²) in [5.41, 5.74) is 1.25. The Balaban J connectivity index is 1.78. The first kappa shape index (κ1) is 19.8. The standard InChI is InChI=1S/C19H28N2O3S/c1-15-6-8-17(9-7-15)25-12-11-20(2)19(23)16-5-4-10-21(13-16)18(22)14-24-3/h6-9,16H,4-5,10-14H2,1-3H3/t16-/m1/s1. The molecule has 2 rings (SSSR count). The number of hydrogen-bond acceptors (Lipinski definition) is 4. The Morgan fingerprint density at radius 1 is 1.32 bits per heavy atom. The largest absolute Gasteiger partial charge is 0.375 e. The minimum Gasteiger partial charge on any atom is -0.375 e. The summed E-state index contributed by atoms with van der Waals surface area (Å²) in [6, 6.07) is 8.43. The molecule has 0 aliphatic carbocycles. The molecule has 1 aliphatic heterocycles. The van der Waals surface area contributed by atoms with Crippen LogP contribution in [0, 0.1) is 12.8 Å². The number of carbonyl (C=O) groups excluding carboxylic acids is 2. The Labute approximate surface area is 154 Å². The number of aryl methyl sites for hydroxylation is 1. The van der Waals surface area contributed by atoms with Gasteiger partial charge in [-0.2, -0.15) is 0 Å². The van der Waals surface area contributed by atoms with Crippen molar-refractivity contribution in [1.82, 2.24) is 9.80 Å². The second-order valence-electron chi connectivity index (χ2n) is 6.53. The number of amides is 2. The third-order valence-electron chi connectivity index (χ3n) is 4.48. The van der Waals surface area contributed by atoms with Gasteiger partial charge < -0.3 is 14.5 Å². The number of thioether (sulfide) groups is 1. The summed E-state index contributed by atoms with van der Waals surface area (Å²) in [6.07, 6.45) is 1.73. The van der Waals surface area contributed by atoms with Crippen molar-refractivity contribution in [2.45, 2.75) is 24.7 Å². The van der Waals surface area contributed by atoms with E-state index in [0.717, 1.165) is 25.1 Å². The Morgan fingerprint density at radius 2 is 2.04 bits per heavy atom. The van der Waals surface area contributed by atoms with E-state index in [0.29, 0.717) is 13.1 Å². The highest BCUT2D eigenvalue weighted by molar-refractivity contribution is 7.99. The molecule has 0 N–H and O–H groups in total. The van der Waals surface area contributed by atoms with Crippen molar-refractivity contribution in [2.24, 2.45) is 5.92 Å². The maximum atomic E-state index is 12.7. The molecular weight excluding hydrogens is 336 g/mol. The topological polar surface area (TPSA) is 49.9 Å². The van der Waals surface area contributed by atoms with Crippen LogP contribution in [0.1, 0.15) is 18.4 Å². The van der Waals surface area contributed by atoms with Crippen molar-refractivity contribution < 1.29 is 14.3 Å². The van der Waals surface area contributed by atoms with E-state index >= 15 is 0 Å². The molecule has 0 unspecified atom stereocenters. The number of ether oxygens (including phenoxy) is 1. The number of benzene rings is 1. The van der Waals surface area contributed by atoms with Crippen LogP contribution in [0.5, 0.6) is 0 Å². The zero-order valence-corrected chi connectivity index (χ0v) is 16.2. The highest BCUT2D eigenvalue weighted by Crippen LogP contribution is 2.21. The first-order chi connectivity index (χ1) is 12.0. The van der Waals surface area contributed by atoms with Crippen LogP contribution in [0.25, 0.3) is 0 Å². The molecule has 2 amide bonds. The van der Waals surface area contributed by atoms with Gasteiger partial charge in [-0.25, -0.2) is 0 Å². The average molecular weight is 365 g/mol. The zero-order valence-electron chi connectivity index (χ0n) is 15.4. The maximum absolute atomic E-state index is 12.7. The lowest BCUT2D eigenvalue weighted by molar-refractivity contribution is -0.141. The summed E-state index contributed by atoms with van der Waals surface area (Å²) in [5.74, 6) is 0.880. The van der Waals surface area contributed by atoms with Gasteiger partial charge in [0.2, 0.25) is 11.8 Å². The third-order valence-corrected chi connectivity index (χ3v) is 5.48. The lowest BCUT2D eigenvalue weighted by Crippen LogP contribution is -2.47. The Kier molecular flexibility index (Phi) is 7.78. The van der Waals surface area contributed by atoms with E-state index in [1.54, 1.807) is 21.6 Å². The van der Waals surface area contributed by atoms with E-state index in [2.05, 4.69) is 31.2 Å². The minimum absolute atomic E-state index is 0.0300. The third kappa shape index (κ3) is 6.04. The molecule has 1 aromatic carbocycles. The smallest absolute Gasteiger partial charge is 0.248 e. The van der Waals surface area contributed by atoms with Gasteiger partial charge in [-0.05, 0) is 31.9 Å². The number of nitrogens with zero attached hydrogens (tertiary/aromatic N) is 2. The first-order valence-corrected chi connectivity index (χ1v) is 9.71. The molecule has 1 fully saturated rings. The van der Waals surface area contributed by atoms with Crippen LogP contribution < -0.4 is 0 Å². The minimum atomic E-state index is -0.0936. The van der Waals surface area contributed by atoms with E-state index in [1.165, 1.54) is 17.6 Å². The van der Waals surface area contributed by atoms with E-state index in [9.17, 15) is 9.59 Å². The van der Waals surface area contributed by atoms with Gasteiger partial charge in [0.05, 0.1) is 5.92 Å². The number of methoxy groups -OCH3 is 1. The van der Waals surface area contributed by atoms with Gasteiger partial charge in [0.25, 0.3) is 0 Å². The van der Waals surface area contributed by atoms with Crippen molar-refractivity contribution in [3.63, 3.8) is 0 Å². The number of likely N-dealkylation sites (tertiary alicyclic amines) is 1. The van der Waals surface area contributed by atoms with E-state index in [-0.39, 0.29) is 24.3 Å². The first-order valence-electron chi connectivity index (χ1n) is 8.72. The average Bonchev–Trinajstić information content (AvgIpc) is 2.63. The van der Waals surface area contributed by atoms with E-state index in [1.807, 2.05) is 7.05 Å². The van der Waals surface area contributed by atoms with Gasteiger partial charge in [-0.3, -0.25) is 9.59 Å². The van der Waals surface area contributed by atoms with Crippen LogP contribution in [-0.4, -0.2) is 67.8 Å². The van der Waals surface area contributed by atoms with Gasteiger partial charge in [0, 0.05) is 44.4 Å². The predicted octanol–water partition coefficient (Wildman–Crippen LogP) is 2.43. The van der Waals surface area contributed by atoms with Gasteiger partial charge in [-0.1, -0.05) is 17.7 Å². The van der Waals surface area contributed by atoms with Crippen molar-refractivity contribution in [3.05, 3.63) is 29.8 Å². The number of carbonyl (C=O) groups is 2. The summed E-state index contributed by atoms with van der Waals surface area (Å²) in [6.45, 7) is 4.10. The van der Waals surface area contributed by atoms with Gasteiger partial charge >= 0.3 is 0 Å². The van der Waals surface area contributed by atoms with Gasteiger partial charge in [0.15, 0.2) is 0 Å². The summed E-state index contributed by atoms with van der Waals surface area (Å²) in [4.78, 5) is 29.4. The van der Waals surface area contributed by atoms with Gasteiger partial charge in [-0.15, -0.1) is 11.8 Å². The fraction of sp³-hybridized carbons (Fsp3) is 0.579. The fourth-order valence-corrected chi connectivity index (χ4v) is 3.91. The molecule has 1 atom stereocenters. The van der Waals surface area contributed by atoms with Crippen LogP contribution in [0.4, 0.5) is 0 Å². The molecule has 0 bridgehead atoms. The van der Waals surface area contributed by atoms with E-state index < -0.39 is 0 Å². The van der Waals surface area contributed by atoms with Gasteiger partial charge in [0.1, 0.15) is 6.61 Å². The monoisotopic (exact) mass is 364 g/mol. The maximum Gasteiger partial charge on any atom is 0.248 e. The molecular formula is C19H28N2O3S. The molecule has 6 heteroatoms. The SMILES string of the molecule is COCC(=O)N1CCC[C@@H](C(=O)N(C)CCSc2ccc(C)cc2)C1. The molecule has 25 heavy (non-hydrogen) atoms. The van der Waals surface area contributed by atoms with Crippen molar-refractivity contribution in [1.29, 1.82) is 0 Å². The normalized spacial score (nSPS) is 17.4. The molecule has 1 saturated heterocycles. The molecule has 1 aromatic rings. The quantitative estimate of drug-likeness (QED) is 0.697. The predicted molar refractivity (Wildman–Crippen MR) is 101 cm³/mol. The van der Waals surface area contributed by atoms with Crippen molar-refractivity contribution in [3.8, 4) is 0 Å². The Hall–Kier alpha value is -1.53. The Morgan fingerprint density at radius 3 is 2.72 bits per heavy atom. The fourth-order valence-electron chi connectivity index (χ4n) is 2.98. The van der Waals surface area contributed by atoms with Crippen LogP contribution >= 0.6 is 11.8 Å². The highest BCUT2D eigenvalue weighted by atomic mass is 32.2. The number of rotatable bonds is 7.